The van der Waals surface area contributed by atoms with Gasteiger partial charge in [-0.2, -0.15) is 5.06 Å². The van der Waals surface area contributed by atoms with E-state index in [0.717, 1.165) is 11.1 Å². The lowest BCUT2D eigenvalue weighted by atomic mass is 10.4. The Morgan fingerprint density at radius 3 is 2.90 bits per heavy atom. The van der Waals surface area contributed by atoms with Crippen molar-refractivity contribution in [2.45, 2.75) is 6.42 Å². The molecule has 1 amide bonds. The second kappa shape index (κ2) is 2.51. The first-order valence-corrected chi connectivity index (χ1v) is 2.89. The van der Waals surface area contributed by atoms with E-state index in [1.165, 1.54) is 0 Å². The van der Waals surface area contributed by atoms with Crippen LogP contribution >= 0.6 is 0 Å². The molecule has 0 aromatic carbocycles. The molecule has 0 spiro atoms. The van der Waals surface area contributed by atoms with E-state index in [0.29, 0.717) is 6.54 Å². The minimum atomic E-state index is -0.370. The van der Waals surface area contributed by atoms with Gasteiger partial charge in [0.1, 0.15) is 0 Å². The minimum Gasteiger partial charge on any atom is -0.338 e. The highest BCUT2D eigenvalue weighted by atomic mass is 16.7. The zero-order valence-electron chi connectivity index (χ0n) is 5.37. The molecule has 1 fully saturated rings. The number of nitrogens with zero attached hydrogens (tertiary/aromatic N) is 1. The molecule has 0 aliphatic carbocycles. The molecule has 0 bridgehead atoms. The molecule has 0 aromatic heterocycles. The van der Waals surface area contributed by atoms with E-state index in [9.17, 15) is 9.59 Å². The molecule has 10 heavy (non-hydrogen) atoms. The molecule has 0 atom stereocenters. The van der Waals surface area contributed by atoms with E-state index < -0.39 is 0 Å². The number of carbonyl (C=O) groups excluding carboxylic acids is 2. The highest BCUT2D eigenvalue weighted by Gasteiger charge is 2.23. The molecule has 1 saturated heterocycles. The van der Waals surface area contributed by atoms with Crippen LogP contribution < -0.4 is 0 Å². The van der Waals surface area contributed by atoms with E-state index in [1.807, 2.05) is 0 Å². The number of amides is 1. The Labute approximate surface area is 58.0 Å². The Morgan fingerprint density at radius 1 is 1.80 bits per heavy atom. The van der Waals surface area contributed by atoms with Gasteiger partial charge in [-0.15, -0.1) is 0 Å². The van der Waals surface area contributed by atoms with Crippen LogP contribution in [-0.4, -0.2) is 23.5 Å². The Kier molecular flexibility index (Phi) is 1.71. The zero-order valence-corrected chi connectivity index (χ0v) is 5.37. The second-order valence-electron chi connectivity index (χ2n) is 1.86. The first kappa shape index (κ1) is 6.80. The van der Waals surface area contributed by atoms with Crippen LogP contribution in [0.2, 0.25) is 0 Å². The number of hydroxylamine groups is 2. The monoisotopic (exact) mass is 141 g/mol. The summed E-state index contributed by atoms with van der Waals surface area (Å²) >= 11 is 0. The first-order chi connectivity index (χ1) is 4.74. The van der Waals surface area contributed by atoms with Crippen molar-refractivity contribution in [3.63, 3.8) is 0 Å². The van der Waals surface area contributed by atoms with Gasteiger partial charge in [0.2, 0.25) is 0 Å². The average molecular weight is 141 g/mol. The van der Waals surface area contributed by atoms with Crippen LogP contribution in [0.15, 0.2) is 12.7 Å². The van der Waals surface area contributed by atoms with Gasteiger partial charge in [0.25, 0.3) is 5.91 Å². The normalized spacial score (nSPS) is 16.8. The lowest BCUT2D eigenvalue weighted by molar-refractivity contribution is -0.178. The van der Waals surface area contributed by atoms with Crippen LogP contribution in [0, 0.1) is 0 Å². The van der Waals surface area contributed by atoms with Crippen LogP contribution in [0.25, 0.3) is 0 Å². The molecular weight excluding hydrogens is 134 g/mol. The molecule has 0 aromatic rings. The fourth-order valence-corrected chi connectivity index (χ4v) is 0.664. The number of rotatable bonds is 1. The molecule has 0 unspecified atom stereocenters. The Bertz CT molecular complexity index is 187. The molecule has 4 heteroatoms. The van der Waals surface area contributed by atoms with Crippen molar-refractivity contribution in [2.24, 2.45) is 0 Å². The average Bonchev–Trinajstić information content (AvgIpc) is 2.34. The largest absolute Gasteiger partial charge is 0.338 e. The van der Waals surface area contributed by atoms with E-state index in [1.54, 1.807) is 0 Å². The van der Waals surface area contributed by atoms with Gasteiger partial charge in [-0.05, 0) is 6.08 Å². The van der Waals surface area contributed by atoms with Crippen molar-refractivity contribution in [1.82, 2.24) is 5.06 Å². The third kappa shape index (κ3) is 1.15. The zero-order chi connectivity index (χ0) is 7.56. The number of carbonyl (C=O) groups is 2. The Hall–Kier alpha value is -1.32. The van der Waals surface area contributed by atoms with E-state index in [2.05, 4.69) is 11.4 Å². The van der Waals surface area contributed by atoms with Gasteiger partial charge in [0.05, 0.1) is 13.0 Å². The maximum absolute atomic E-state index is 10.7. The van der Waals surface area contributed by atoms with Crippen molar-refractivity contribution < 1.29 is 14.4 Å². The van der Waals surface area contributed by atoms with Gasteiger partial charge in [-0.3, -0.25) is 4.79 Å². The summed E-state index contributed by atoms with van der Waals surface area (Å²) in [7, 11) is 0. The maximum atomic E-state index is 10.7. The SMILES string of the molecule is C=CC(=O)N1CCC(=O)O1. The highest BCUT2D eigenvalue weighted by Crippen LogP contribution is 2.05. The smallest absolute Gasteiger partial charge is 0.334 e. The molecule has 54 valence electrons. The molecular formula is C6H7NO3. The van der Waals surface area contributed by atoms with Crippen LogP contribution in [0.4, 0.5) is 0 Å². The lowest BCUT2D eigenvalue weighted by Crippen LogP contribution is -2.24. The molecule has 0 saturated carbocycles. The predicted octanol–water partition coefficient (Wildman–Crippen LogP) is -0.137. The summed E-state index contributed by atoms with van der Waals surface area (Å²) < 4.78 is 0. The number of hydrogen-bond donors (Lipinski definition) is 0. The molecule has 1 aliphatic rings. The highest BCUT2D eigenvalue weighted by molar-refractivity contribution is 5.88. The summed E-state index contributed by atoms with van der Waals surface area (Å²) in [6.45, 7) is 3.58. The topological polar surface area (TPSA) is 46.6 Å². The second-order valence-corrected chi connectivity index (χ2v) is 1.86. The third-order valence-electron chi connectivity index (χ3n) is 1.15. The molecule has 0 N–H and O–H groups in total. The van der Waals surface area contributed by atoms with E-state index in [-0.39, 0.29) is 18.3 Å². The lowest BCUT2D eigenvalue weighted by Gasteiger charge is -2.08. The molecule has 4 nitrogen and oxygen atoms in total. The molecule has 1 aliphatic heterocycles. The van der Waals surface area contributed by atoms with Gasteiger partial charge >= 0.3 is 5.97 Å². The summed E-state index contributed by atoms with van der Waals surface area (Å²) in [4.78, 5) is 25.6. The summed E-state index contributed by atoms with van der Waals surface area (Å²) in [6, 6.07) is 0. The van der Waals surface area contributed by atoms with Gasteiger partial charge in [-0.1, -0.05) is 6.58 Å². The van der Waals surface area contributed by atoms with E-state index in [4.69, 9.17) is 0 Å². The summed E-state index contributed by atoms with van der Waals surface area (Å²) in [5, 5.41) is 0.995. The van der Waals surface area contributed by atoms with Crippen molar-refractivity contribution in [3.05, 3.63) is 12.7 Å². The minimum absolute atomic E-state index is 0.277. The third-order valence-corrected chi connectivity index (χ3v) is 1.15. The van der Waals surface area contributed by atoms with Crippen molar-refractivity contribution in [3.8, 4) is 0 Å². The van der Waals surface area contributed by atoms with Crippen LogP contribution in [-0.2, 0) is 14.4 Å². The Morgan fingerprint density at radius 2 is 2.50 bits per heavy atom. The first-order valence-electron chi connectivity index (χ1n) is 2.89. The van der Waals surface area contributed by atoms with Crippen molar-refractivity contribution >= 4 is 11.9 Å². The maximum Gasteiger partial charge on any atom is 0.334 e. The van der Waals surface area contributed by atoms with Crippen LogP contribution in [0.5, 0.6) is 0 Å². The van der Waals surface area contributed by atoms with Gasteiger partial charge in [-0.25, -0.2) is 4.79 Å². The standard InChI is InChI=1S/C6H7NO3/c1-2-5(8)7-4-3-6(9)10-7/h2H,1,3-4H2. The van der Waals surface area contributed by atoms with Gasteiger partial charge < -0.3 is 4.84 Å². The summed E-state index contributed by atoms with van der Waals surface area (Å²) in [5.74, 6) is -0.735. The molecule has 0 radical (unpaired) electrons. The Balaban J connectivity index is 2.52. The van der Waals surface area contributed by atoms with Crippen molar-refractivity contribution in [1.29, 1.82) is 0 Å². The fraction of sp³-hybridized carbons (Fsp3) is 0.333. The van der Waals surface area contributed by atoms with Crippen LogP contribution in [0.1, 0.15) is 6.42 Å². The fourth-order valence-electron chi connectivity index (χ4n) is 0.664. The van der Waals surface area contributed by atoms with Crippen LogP contribution in [0.3, 0.4) is 0 Å². The predicted molar refractivity (Wildman–Crippen MR) is 32.6 cm³/mol. The number of hydrogen-bond acceptors (Lipinski definition) is 3. The molecule has 1 rings (SSSR count). The summed E-state index contributed by atoms with van der Waals surface area (Å²) in [5.41, 5.74) is 0. The quantitative estimate of drug-likeness (QED) is 0.477. The van der Waals surface area contributed by atoms with Gasteiger partial charge in [0, 0.05) is 0 Å². The van der Waals surface area contributed by atoms with Crippen molar-refractivity contribution in [2.75, 3.05) is 6.54 Å². The van der Waals surface area contributed by atoms with E-state index >= 15 is 0 Å². The van der Waals surface area contributed by atoms with Gasteiger partial charge in [0.15, 0.2) is 0 Å². The molecule has 1 heterocycles. The summed E-state index contributed by atoms with van der Waals surface area (Å²) in [6.07, 6.45) is 1.39.